The van der Waals surface area contributed by atoms with Gasteiger partial charge in [-0.1, -0.05) is 11.3 Å². The van der Waals surface area contributed by atoms with Gasteiger partial charge >= 0.3 is 0 Å². The average molecular weight is 333 g/mol. The summed E-state index contributed by atoms with van der Waals surface area (Å²) < 4.78 is 30.5. The van der Waals surface area contributed by atoms with E-state index in [4.69, 9.17) is 10.00 Å². The van der Waals surface area contributed by atoms with Crippen LogP contribution in [0, 0.1) is 11.3 Å². The molecule has 0 bridgehead atoms. The highest BCUT2D eigenvalue weighted by Gasteiger charge is 2.28. The maximum Gasteiger partial charge on any atom is 0.272 e. The van der Waals surface area contributed by atoms with Crippen LogP contribution in [0.2, 0.25) is 0 Å². The van der Waals surface area contributed by atoms with E-state index in [0.717, 1.165) is 15.6 Å². The zero-order valence-electron chi connectivity index (χ0n) is 11.6. The topological polar surface area (TPSA) is 125 Å². The number of nitrogens with one attached hydrogen (secondary N) is 1. The molecule has 1 amide bonds. The van der Waals surface area contributed by atoms with E-state index >= 15 is 0 Å². The van der Waals surface area contributed by atoms with Crippen LogP contribution in [-0.4, -0.2) is 55.6 Å². The van der Waals surface area contributed by atoms with Crippen molar-refractivity contribution in [3.05, 3.63) is 0 Å². The van der Waals surface area contributed by atoms with Crippen molar-refractivity contribution < 1.29 is 17.9 Å². The van der Waals surface area contributed by atoms with E-state index in [1.807, 2.05) is 6.07 Å². The standard InChI is InChI=1S/C10H15N5O4S2/c1-8(16)12-9-13-14-10(20-9)21(17,18)15(5-3-4-11)6-7-19-2/h3,5-7H2,1-2H3,(H,12,13,16). The number of hydrogen-bond acceptors (Lipinski definition) is 8. The fraction of sp³-hybridized carbons (Fsp3) is 0.600. The highest BCUT2D eigenvalue weighted by atomic mass is 32.2. The Balaban J connectivity index is 2.95. The van der Waals surface area contributed by atoms with E-state index in [0.29, 0.717) is 0 Å². The molecule has 0 spiro atoms. The summed E-state index contributed by atoms with van der Waals surface area (Å²) in [7, 11) is -2.41. The number of aromatic nitrogens is 2. The Hall–Kier alpha value is -1.61. The lowest BCUT2D eigenvalue weighted by atomic mass is 10.4. The molecule has 0 saturated carbocycles. The number of nitriles is 1. The molecule has 1 heterocycles. The van der Waals surface area contributed by atoms with Crippen LogP contribution >= 0.6 is 11.3 Å². The first kappa shape index (κ1) is 17.4. The summed E-state index contributed by atoms with van der Waals surface area (Å²) in [6.07, 6.45) is 0.0559. The molecule has 0 fully saturated rings. The van der Waals surface area contributed by atoms with E-state index in [1.165, 1.54) is 14.0 Å². The predicted molar refractivity (Wildman–Crippen MR) is 75.1 cm³/mol. The number of ether oxygens (including phenoxy) is 1. The van der Waals surface area contributed by atoms with Gasteiger partial charge in [-0.3, -0.25) is 4.79 Å². The second-order valence-corrected chi connectivity index (χ2v) is 6.95. The van der Waals surface area contributed by atoms with Crippen molar-refractivity contribution in [1.29, 1.82) is 5.26 Å². The third-order valence-electron chi connectivity index (χ3n) is 2.27. The summed E-state index contributed by atoms with van der Waals surface area (Å²) in [5.74, 6) is -0.365. The molecule has 0 aromatic carbocycles. The van der Waals surface area contributed by atoms with Crippen molar-refractivity contribution in [3.63, 3.8) is 0 Å². The minimum Gasteiger partial charge on any atom is -0.383 e. The molecule has 0 aliphatic heterocycles. The maximum absolute atomic E-state index is 12.4. The highest BCUT2D eigenvalue weighted by Crippen LogP contribution is 2.23. The van der Waals surface area contributed by atoms with Crippen LogP contribution in [0.25, 0.3) is 0 Å². The van der Waals surface area contributed by atoms with Gasteiger partial charge in [0.1, 0.15) is 0 Å². The Morgan fingerprint density at radius 1 is 1.48 bits per heavy atom. The van der Waals surface area contributed by atoms with Crippen LogP contribution in [0.5, 0.6) is 0 Å². The van der Waals surface area contributed by atoms with Gasteiger partial charge in [0.05, 0.1) is 12.7 Å². The number of carbonyl (C=O) groups excluding carboxylic acids is 1. The molecule has 1 rings (SSSR count). The molecule has 1 aromatic rings. The minimum atomic E-state index is -3.86. The van der Waals surface area contributed by atoms with Gasteiger partial charge in [0.2, 0.25) is 15.4 Å². The highest BCUT2D eigenvalue weighted by molar-refractivity contribution is 7.91. The van der Waals surface area contributed by atoms with Crippen LogP contribution in [0.1, 0.15) is 13.3 Å². The summed E-state index contributed by atoms with van der Waals surface area (Å²) in [5, 5.41) is 18.3. The molecule has 0 atom stereocenters. The van der Waals surface area contributed by atoms with Crippen LogP contribution < -0.4 is 5.32 Å². The number of hydrogen-bond donors (Lipinski definition) is 1. The monoisotopic (exact) mass is 333 g/mol. The molecular formula is C10H15N5O4S2. The van der Waals surface area contributed by atoms with Gasteiger partial charge in [-0.25, -0.2) is 8.42 Å². The molecule has 1 N–H and O–H groups in total. The van der Waals surface area contributed by atoms with Crippen molar-refractivity contribution in [2.24, 2.45) is 0 Å². The minimum absolute atomic E-state index is 0.0389. The van der Waals surface area contributed by atoms with Gasteiger partial charge in [-0.05, 0) is 0 Å². The Bertz CT molecular complexity index is 622. The SMILES string of the molecule is COCCN(CCC#N)S(=O)(=O)c1nnc(NC(C)=O)s1. The molecule has 0 saturated heterocycles. The van der Waals surface area contributed by atoms with E-state index in [1.54, 1.807) is 0 Å². The van der Waals surface area contributed by atoms with E-state index in [2.05, 4.69) is 15.5 Å². The number of rotatable bonds is 8. The van der Waals surface area contributed by atoms with Gasteiger partial charge in [-0.2, -0.15) is 9.57 Å². The maximum atomic E-state index is 12.4. The molecule has 21 heavy (non-hydrogen) atoms. The number of anilines is 1. The number of methoxy groups -OCH3 is 1. The van der Waals surface area contributed by atoms with Crippen molar-refractivity contribution in [3.8, 4) is 6.07 Å². The van der Waals surface area contributed by atoms with Crippen molar-refractivity contribution >= 4 is 32.4 Å². The van der Waals surface area contributed by atoms with Crippen LogP contribution in [0.4, 0.5) is 5.13 Å². The fourth-order valence-electron chi connectivity index (χ4n) is 1.35. The summed E-state index contributed by atoms with van der Waals surface area (Å²) >= 11 is 0.756. The van der Waals surface area contributed by atoms with Crippen molar-refractivity contribution in [2.75, 3.05) is 32.1 Å². The molecule has 0 unspecified atom stereocenters. The fourth-order valence-corrected chi connectivity index (χ4v) is 3.85. The molecule has 9 nitrogen and oxygen atoms in total. The third kappa shape index (κ3) is 5.01. The number of carbonyl (C=O) groups is 1. The lowest BCUT2D eigenvalue weighted by Gasteiger charge is -2.18. The number of nitrogens with zero attached hydrogens (tertiary/aromatic N) is 4. The van der Waals surface area contributed by atoms with E-state index in [-0.39, 0.29) is 41.5 Å². The van der Waals surface area contributed by atoms with Gasteiger partial charge in [0.15, 0.2) is 0 Å². The van der Waals surface area contributed by atoms with E-state index in [9.17, 15) is 13.2 Å². The van der Waals surface area contributed by atoms with Gasteiger partial charge < -0.3 is 10.1 Å². The Kier molecular flexibility index (Phi) is 6.63. The molecule has 1 aromatic heterocycles. The van der Waals surface area contributed by atoms with Crippen LogP contribution in [-0.2, 0) is 19.6 Å². The zero-order chi connectivity index (χ0) is 15.9. The van der Waals surface area contributed by atoms with Crippen LogP contribution in [0.3, 0.4) is 0 Å². The van der Waals surface area contributed by atoms with E-state index < -0.39 is 10.0 Å². The first-order chi connectivity index (χ1) is 9.91. The molecule has 0 radical (unpaired) electrons. The third-order valence-corrected chi connectivity index (χ3v) is 5.35. The van der Waals surface area contributed by atoms with Gasteiger partial charge in [-0.15, -0.1) is 10.2 Å². The summed E-state index contributed by atoms with van der Waals surface area (Å²) in [5.41, 5.74) is 0. The number of amides is 1. The molecule has 0 aliphatic rings. The van der Waals surface area contributed by atoms with Crippen molar-refractivity contribution in [1.82, 2.24) is 14.5 Å². The lowest BCUT2D eigenvalue weighted by molar-refractivity contribution is -0.114. The molecular weight excluding hydrogens is 318 g/mol. The quantitative estimate of drug-likeness (QED) is 0.666. The largest absolute Gasteiger partial charge is 0.383 e. The Morgan fingerprint density at radius 3 is 2.76 bits per heavy atom. The Labute approximate surface area is 126 Å². The summed E-state index contributed by atoms with van der Waals surface area (Å²) in [4.78, 5) is 10.9. The van der Waals surface area contributed by atoms with Gasteiger partial charge in [0, 0.05) is 33.5 Å². The second-order valence-electron chi connectivity index (χ2n) is 3.86. The lowest BCUT2D eigenvalue weighted by Crippen LogP contribution is -2.34. The predicted octanol–water partition coefficient (Wildman–Crippen LogP) is 0.0473. The molecule has 11 heteroatoms. The smallest absolute Gasteiger partial charge is 0.272 e. The van der Waals surface area contributed by atoms with Gasteiger partial charge in [0.25, 0.3) is 10.0 Å². The second kappa shape index (κ2) is 7.99. The first-order valence-corrected chi connectivity index (χ1v) is 8.14. The average Bonchev–Trinajstić information content (AvgIpc) is 2.87. The summed E-state index contributed by atoms with van der Waals surface area (Å²) in [6.45, 7) is 1.63. The van der Waals surface area contributed by atoms with Crippen LogP contribution in [0.15, 0.2) is 4.34 Å². The normalized spacial score (nSPS) is 11.3. The summed E-state index contributed by atoms with van der Waals surface area (Å²) in [6, 6.07) is 1.89. The molecule has 116 valence electrons. The molecule has 0 aliphatic carbocycles. The first-order valence-electron chi connectivity index (χ1n) is 5.89. The number of sulfonamides is 1. The zero-order valence-corrected chi connectivity index (χ0v) is 13.2. The Morgan fingerprint density at radius 2 is 2.19 bits per heavy atom. The van der Waals surface area contributed by atoms with Crippen molar-refractivity contribution in [2.45, 2.75) is 17.7 Å².